The van der Waals surface area contributed by atoms with Crippen molar-refractivity contribution in [1.82, 2.24) is 0 Å². The SMILES string of the molecule is O=COCCSSCCOC=O. The van der Waals surface area contributed by atoms with E-state index < -0.39 is 0 Å². The third-order valence-corrected chi connectivity index (χ3v) is 3.12. The third kappa shape index (κ3) is 9.64. The summed E-state index contributed by atoms with van der Waals surface area (Å²) in [6.45, 7) is 1.72. The van der Waals surface area contributed by atoms with Crippen LogP contribution in [-0.2, 0) is 19.1 Å². The molecule has 0 N–H and O–H groups in total. The molecule has 0 amide bonds. The van der Waals surface area contributed by atoms with Crippen LogP contribution in [0.2, 0.25) is 0 Å². The van der Waals surface area contributed by atoms with Gasteiger partial charge in [0.1, 0.15) is 13.2 Å². The normalized spacial score (nSPS) is 9.00. The van der Waals surface area contributed by atoms with Crippen molar-refractivity contribution in [3.05, 3.63) is 0 Å². The molecule has 0 atom stereocenters. The first-order valence-corrected chi connectivity index (χ1v) is 5.75. The van der Waals surface area contributed by atoms with Crippen LogP contribution in [0.3, 0.4) is 0 Å². The molecule has 0 aliphatic heterocycles. The van der Waals surface area contributed by atoms with Crippen LogP contribution in [0, 0.1) is 0 Å². The minimum Gasteiger partial charge on any atom is -0.467 e. The summed E-state index contributed by atoms with van der Waals surface area (Å²) in [6, 6.07) is 0. The molecule has 0 aromatic heterocycles. The lowest BCUT2D eigenvalue weighted by molar-refractivity contribution is -0.128. The maximum absolute atomic E-state index is 9.68. The molecule has 4 nitrogen and oxygen atoms in total. The predicted molar refractivity (Wildman–Crippen MR) is 48.9 cm³/mol. The summed E-state index contributed by atoms with van der Waals surface area (Å²) in [7, 11) is 3.16. The Balaban J connectivity index is 2.81. The first-order valence-electron chi connectivity index (χ1n) is 3.26. The van der Waals surface area contributed by atoms with Gasteiger partial charge in [-0.3, -0.25) is 9.59 Å². The first-order chi connectivity index (χ1) is 5.91. The largest absolute Gasteiger partial charge is 0.467 e. The lowest BCUT2D eigenvalue weighted by Crippen LogP contribution is -1.95. The van der Waals surface area contributed by atoms with E-state index >= 15 is 0 Å². The van der Waals surface area contributed by atoms with Gasteiger partial charge in [0.05, 0.1) is 0 Å². The van der Waals surface area contributed by atoms with Gasteiger partial charge in [0.25, 0.3) is 12.9 Å². The fraction of sp³-hybridized carbons (Fsp3) is 0.667. The Bertz CT molecular complexity index is 106. The van der Waals surface area contributed by atoms with Crippen LogP contribution < -0.4 is 0 Å². The molecule has 0 bridgehead atoms. The first kappa shape index (κ1) is 11.6. The highest BCUT2D eigenvalue weighted by Crippen LogP contribution is 2.19. The molecule has 0 unspecified atom stereocenters. The number of hydrogen-bond acceptors (Lipinski definition) is 6. The van der Waals surface area contributed by atoms with E-state index in [9.17, 15) is 9.59 Å². The molecular weight excluding hydrogens is 200 g/mol. The molecule has 0 aromatic rings. The van der Waals surface area contributed by atoms with Crippen LogP contribution in [0.1, 0.15) is 0 Å². The summed E-state index contributed by atoms with van der Waals surface area (Å²) >= 11 is 0. The lowest BCUT2D eigenvalue weighted by Gasteiger charge is -1.98. The van der Waals surface area contributed by atoms with E-state index in [1.165, 1.54) is 0 Å². The van der Waals surface area contributed by atoms with Gasteiger partial charge in [-0.15, -0.1) is 0 Å². The Labute approximate surface area is 78.8 Å². The standard InChI is InChI=1S/C6H10O4S2/c7-5-9-1-3-11-12-4-2-10-6-8/h5-6H,1-4H2. The summed E-state index contributed by atoms with van der Waals surface area (Å²) in [5.41, 5.74) is 0. The highest BCUT2D eigenvalue weighted by Gasteiger charge is 1.90. The summed E-state index contributed by atoms with van der Waals surface area (Å²) in [4.78, 5) is 19.4. The van der Waals surface area contributed by atoms with E-state index in [1.54, 1.807) is 21.6 Å². The van der Waals surface area contributed by atoms with E-state index in [4.69, 9.17) is 0 Å². The van der Waals surface area contributed by atoms with Crippen molar-refractivity contribution < 1.29 is 19.1 Å². The van der Waals surface area contributed by atoms with Crippen LogP contribution >= 0.6 is 21.6 Å². The summed E-state index contributed by atoms with van der Waals surface area (Å²) in [6.07, 6.45) is 0. The van der Waals surface area contributed by atoms with Gasteiger partial charge in [0, 0.05) is 11.5 Å². The molecule has 0 saturated carbocycles. The zero-order chi connectivity index (χ0) is 9.07. The van der Waals surface area contributed by atoms with Crippen molar-refractivity contribution in [2.75, 3.05) is 24.7 Å². The average Bonchev–Trinajstić information content (AvgIpc) is 2.10. The number of rotatable bonds is 9. The Morgan fingerprint density at radius 3 is 1.67 bits per heavy atom. The Morgan fingerprint density at radius 2 is 1.33 bits per heavy atom. The van der Waals surface area contributed by atoms with Crippen LogP contribution in [0.25, 0.3) is 0 Å². The highest BCUT2D eigenvalue weighted by molar-refractivity contribution is 8.76. The Morgan fingerprint density at radius 1 is 0.917 bits per heavy atom. The fourth-order valence-corrected chi connectivity index (χ4v) is 2.06. The number of ether oxygens (including phenoxy) is 2. The lowest BCUT2D eigenvalue weighted by atomic mass is 10.9. The molecule has 12 heavy (non-hydrogen) atoms. The van der Waals surface area contributed by atoms with Crippen LogP contribution in [0.15, 0.2) is 0 Å². The molecule has 0 aromatic carbocycles. The van der Waals surface area contributed by atoms with Gasteiger partial charge >= 0.3 is 0 Å². The van der Waals surface area contributed by atoms with Crippen molar-refractivity contribution in [2.24, 2.45) is 0 Å². The van der Waals surface area contributed by atoms with Gasteiger partial charge in [0.2, 0.25) is 0 Å². The van der Waals surface area contributed by atoms with Gasteiger partial charge in [-0.2, -0.15) is 0 Å². The van der Waals surface area contributed by atoms with E-state index in [1.807, 2.05) is 0 Å². The van der Waals surface area contributed by atoms with Gasteiger partial charge < -0.3 is 9.47 Å². The third-order valence-electron chi connectivity index (χ3n) is 0.788. The summed E-state index contributed by atoms with van der Waals surface area (Å²) in [5, 5.41) is 0. The van der Waals surface area contributed by atoms with E-state index in [2.05, 4.69) is 9.47 Å². The maximum atomic E-state index is 9.68. The maximum Gasteiger partial charge on any atom is 0.293 e. The molecule has 0 spiro atoms. The van der Waals surface area contributed by atoms with E-state index in [-0.39, 0.29) is 0 Å². The van der Waals surface area contributed by atoms with Crippen molar-refractivity contribution in [3.63, 3.8) is 0 Å². The Hall–Kier alpha value is -0.360. The second kappa shape index (κ2) is 10.6. The molecule has 6 heteroatoms. The van der Waals surface area contributed by atoms with Crippen LogP contribution in [0.5, 0.6) is 0 Å². The van der Waals surface area contributed by atoms with Gasteiger partial charge in [-0.1, -0.05) is 21.6 Å². The average molecular weight is 210 g/mol. The van der Waals surface area contributed by atoms with Crippen molar-refractivity contribution in [3.8, 4) is 0 Å². The minimum atomic E-state index is 0.426. The molecule has 70 valence electrons. The zero-order valence-electron chi connectivity index (χ0n) is 6.43. The van der Waals surface area contributed by atoms with E-state index in [0.717, 1.165) is 11.5 Å². The number of hydrogen-bond donors (Lipinski definition) is 0. The smallest absolute Gasteiger partial charge is 0.293 e. The molecule has 0 rings (SSSR count). The molecule has 0 aliphatic rings. The van der Waals surface area contributed by atoms with Crippen LogP contribution in [0.4, 0.5) is 0 Å². The summed E-state index contributed by atoms with van der Waals surface area (Å²) < 4.78 is 8.92. The second-order valence-corrected chi connectivity index (χ2v) is 4.28. The quantitative estimate of drug-likeness (QED) is 0.317. The second-order valence-electron chi connectivity index (χ2n) is 1.58. The van der Waals surface area contributed by atoms with Gasteiger partial charge in [-0.25, -0.2) is 0 Å². The van der Waals surface area contributed by atoms with Crippen molar-refractivity contribution >= 4 is 34.5 Å². The Kier molecular flexibility index (Phi) is 10.3. The van der Waals surface area contributed by atoms with Gasteiger partial charge in [-0.05, 0) is 0 Å². The fourth-order valence-electron chi connectivity index (χ4n) is 0.378. The molecule has 0 saturated heterocycles. The molecular formula is C6H10O4S2. The van der Waals surface area contributed by atoms with E-state index in [0.29, 0.717) is 26.2 Å². The summed E-state index contributed by atoms with van der Waals surface area (Å²) in [5.74, 6) is 1.51. The topological polar surface area (TPSA) is 52.6 Å². The van der Waals surface area contributed by atoms with Crippen molar-refractivity contribution in [2.45, 2.75) is 0 Å². The highest BCUT2D eigenvalue weighted by atomic mass is 33.1. The van der Waals surface area contributed by atoms with Gasteiger partial charge in [0.15, 0.2) is 0 Å². The molecule has 0 aliphatic carbocycles. The number of carbonyl (C=O) groups excluding carboxylic acids is 2. The van der Waals surface area contributed by atoms with Crippen molar-refractivity contribution in [1.29, 1.82) is 0 Å². The zero-order valence-corrected chi connectivity index (χ0v) is 8.07. The predicted octanol–water partition coefficient (Wildman–Crippen LogP) is 0.714. The monoisotopic (exact) mass is 210 g/mol. The minimum absolute atomic E-state index is 0.426. The van der Waals surface area contributed by atoms with Crippen LogP contribution in [-0.4, -0.2) is 37.7 Å². The molecule has 0 radical (unpaired) electrons. The molecule has 0 fully saturated rings. The number of carbonyl (C=O) groups is 2. The molecule has 0 heterocycles.